The van der Waals surface area contributed by atoms with E-state index in [-0.39, 0.29) is 17.3 Å². The maximum absolute atomic E-state index is 12.7. The molecule has 0 radical (unpaired) electrons. The van der Waals surface area contributed by atoms with Gasteiger partial charge in [-0.3, -0.25) is 4.79 Å². The molecular weight excluding hydrogens is 368 g/mol. The molecule has 1 aliphatic heterocycles. The molecule has 0 spiro atoms. The Hall–Kier alpha value is -3.60. The number of Topliss-reactive ketones (excluding diaryl/α,β-unsaturated/α-hetero) is 1. The smallest absolute Gasteiger partial charge is 0.379 e. The summed E-state index contributed by atoms with van der Waals surface area (Å²) in [6.07, 6.45) is 3.12. The monoisotopic (exact) mass is 388 g/mol. The van der Waals surface area contributed by atoms with Crippen LogP contribution in [0.5, 0.6) is 11.5 Å². The number of esters is 1. The number of ketones is 1. The Balaban J connectivity index is 1.59. The lowest BCUT2D eigenvalue weighted by Gasteiger charge is -2.09. The van der Waals surface area contributed by atoms with E-state index in [0.717, 1.165) is 5.56 Å². The molecule has 0 unspecified atom stereocenters. The van der Waals surface area contributed by atoms with Gasteiger partial charge in [0.25, 0.3) is 0 Å². The number of carbonyl (C=O) groups is 2. The fourth-order valence-electron chi connectivity index (χ4n) is 3.15. The van der Waals surface area contributed by atoms with Crippen LogP contribution in [0.3, 0.4) is 0 Å². The van der Waals surface area contributed by atoms with Gasteiger partial charge in [0, 0.05) is 5.56 Å². The number of allylic oxidation sites excluding steroid dienone is 1. The van der Waals surface area contributed by atoms with Crippen molar-refractivity contribution >= 4 is 17.8 Å². The molecule has 0 saturated heterocycles. The Morgan fingerprint density at radius 3 is 2.48 bits per heavy atom. The van der Waals surface area contributed by atoms with Crippen LogP contribution < -0.4 is 9.47 Å². The molecule has 5 nitrogen and oxygen atoms in total. The van der Waals surface area contributed by atoms with Crippen LogP contribution in [0.1, 0.15) is 57.4 Å². The third-order valence-electron chi connectivity index (χ3n) is 4.86. The Morgan fingerprint density at radius 1 is 1.07 bits per heavy atom. The van der Waals surface area contributed by atoms with Crippen LogP contribution >= 0.6 is 0 Å². The van der Waals surface area contributed by atoms with Crippen molar-refractivity contribution in [3.8, 4) is 11.5 Å². The molecule has 0 bridgehead atoms. The second kappa shape index (κ2) is 7.43. The first-order valence-electron chi connectivity index (χ1n) is 9.37. The Labute approximate surface area is 168 Å². The van der Waals surface area contributed by atoms with Gasteiger partial charge in [0.2, 0.25) is 11.5 Å². The van der Waals surface area contributed by atoms with Crippen molar-refractivity contribution in [1.82, 2.24) is 0 Å². The number of carbonyl (C=O) groups excluding carboxylic acids is 2. The van der Waals surface area contributed by atoms with E-state index >= 15 is 0 Å². The van der Waals surface area contributed by atoms with E-state index in [1.807, 2.05) is 24.3 Å². The minimum absolute atomic E-state index is 0.104. The van der Waals surface area contributed by atoms with Crippen LogP contribution in [0.4, 0.5) is 0 Å². The molecule has 0 amide bonds. The lowest BCUT2D eigenvalue weighted by Crippen LogP contribution is -2.08. The largest absolute Gasteiger partial charge is 0.457 e. The third kappa shape index (κ3) is 3.59. The van der Waals surface area contributed by atoms with Crippen LogP contribution in [0.25, 0.3) is 6.08 Å². The summed E-state index contributed by atoms with van der Waals surface area (Å²) in [5.41, 5.74) is 3.14. The summed E-state index contributed by atoms with van der Waals surface area (Å²) in [7, 11) is 0. The zero-order chi connectivity index (χ0) is 20.5. The average Bonchev–Trinajstić information content (AvgIpc) is 3.34. The van der Waals surface area contributed by atoms with E-state index in [4.69, 9.17) is 13.9 Å². The Morgan fingerprint density at radius 2 is 1.83 bits per heavy atom. The van der Waals surface area contributed by atoms with Gasteiger partial charge in [-0.1, -0.05) is 38.1 Å². The van der Waals surface area contributed by atoms with Crippen molar-refractivity contribution in [2.75, 3.05) is 0 Å². The van der Waals surface area contributed by atoms with Gasteiger partial charge in [-0.2, -0.15) is 0 Å². The molecule has 3 aromatic rings. The van der Waals surface area contributed by atoms with E-state index in [0.29, 0.717) is 28.5 Å². The molecule has 1 aliphatic rings. The van der Waals surface area contributed by atoms with Crippen molar-refractivity contribution in [3.63, 3.8) is 0 Å². The molecule has 29 heavy (non-hydrogen) atoms. The van der Waals surface area contributed by atoms with Crippen LogP contribution in [0.15, 0.2) is 65.0 Å². The first-order valence-corrected chi connectivity index (χ1v) is 9.37. The summed E-state index contributed by atoms with van der Waals surface area (Å²) in [5.74, 6) is 0.714. The number of fused-ring (bicyclic) bond motifs is 1. The van der Waals surface area contributed by atoms with Crippen LogP contribution in [0.2, 0.25) is 0 Å². The molecule has 0 saturated carbocycles. The minimum atomic E-state index is -0.608. The van der Waals surface area contributed by atoms with Gasteiger partial charge >= 0.3 is 5.97 Å². The predicted molar refractivity (Wildman–Crippen MR) is 108 cm³/mol. The molecule has 146 valence electrons. The van der Waals surface area contributed by atoms with Crippen LogP contribution in [-0.4, -0.2) is 11.8 Å². The van der Waals surface area contributed by atoms with Gasteiger partial charge < -0.3 is 13.9 Å². The van der Waals surface area contributed by atoms with E-state index in [2.05, 4.69) is 13.8 Å². The molecule has 0 N–H and O–H groups in total. The summed E-state index contributed by atoms with van der Waals surface area (Å²) >= 11 is 0. The third-order valence-corrected chi connectivity index (χ3v) is 4.86. The van der Waals surface area contributed by atoms with E-state index in [9.17, 15) is 9.59 Å². The second-order valence-corrected chi connectivity index (χ2v) is 7.19. The van der Waals surface area contributed by atoms with Crippen molar-refractivity contribution in [2.24, 2.45) is 0 Å². The van der Waals surface area contributed by atoms with Gasteiger partial charge in [-0.05, 0) is 54.3 Å². The lowest BCUT2D eigenvalue weighted by atomic mass is 10.0. The molecule has 2 heterocycles. The summed E-state index contributed by atoms with van der Waals surface area (Å²) in [6, 6.07) is 14.4. The topological polar surface area (TPSA) is 65.7 Å². The fourth-order valence-corrected chi connectivity index (χ4v) is 3.15. The number of rotatable bonds is 4. The highest BCUT2D eigenvalue weighted by molar-refractivity contribution is 6.15. The normalized spacial score (nSPS) is 14.2. The Bertz CT molecular complexity index is 1100. The van der Waals surface area contributed by atoms with Crippen LogP contribution in [-0.2, 0) is 0 Å². The molecule has 5 heteroatoms. The maximum Gasteiger partial charge on any atom is 0.379 e. The molecular formula is C24H20O5. The highest BCUT2D eigenvalue weighted by atomic mass is 16.5. The first kappa shape index (κ1) is 18.7. The number of benzene rings is 2. The number of furan rings is 1. The summed E-state index contributed by atoms with van der Waals surface area (Å²) in [5, 5.41) is 0. The lowest BCUT2D eigenvalue weighted by molar-refractivity contribution is 0.0700. The summed E-state index contributed by atoms with van der Waals surface area (Å²) in [6.45, 7) is 6.01. The molecule has 1 aromatic heterocycles. The van der Waals surface area contributed by atoms with Crippen LogP contribution in [0, 0.1) is 6.92 Å². The second-order valence-electron chi connectivity index (χ2n) is 7.19. The van der Waals surface area contributed by atoms with Crippen molar-refractivity contribution < 1.29 is 23.5 Å². The van der Waals surface area contributed by atoms with Gasteiger partial charge in [0.15, 0.2) is 5.76 Å². The standard InChI is InChI=1S/C24H20O5/c1-14(2)17-8-6-16(7-9-17)13-21-22(25)18-10-11-19(15(3)23(18)28-21)29-24(26)20-5-4-12-27-20/h4-14H,1-3H3/b21-13-. The molecule has 0 fully saturated rings. The van der Waals surface area contributed by atoms with E-state index in [1.165, 1.54) is 17.9 Å². The van der Waals surface area contributed by atoms with Crippen molar-refractivity contribution in [3.05, 3.63) is 88.6 Å². The number of hydrogen-bond donors (Lipinski definition) is 0. The van der Waals surface area contributed by atoms with Crippen molar-refractivity contribution in [1.29, 1.82) is 0 Å². The maximum atomic E-state index is 12.7. The molecule has 0 atom stereocenters. The van der Waals surface area contributed by atoms with E-state index in [1.54, 1.807) is 31.2 Å². The summed E-state index contributed by atoms with van der Waals surface area (Å²) < 4.78 is 16.3. The predicted octanol–water partition coefficient (Wildman–Crippen LogP) is 5.55. The fraction of sp³-hybridized carbons (Fsp3) is 0.167. The quantitative estimate of drug-likeness (QED) is 0.333. The van der Waals surface area contributed by atoms with Crippen molar-refractivity contribution in [2.45, 2.75) is 26.7 Å². The average molecular weight is 388 g/mol. The highest BCUT2D eigenvalue weighted by Gasteiger charge is 2.30. The highest BCUT2D eigenvalue weighted by Crippen LogP contribution is 2.39. The van der Waals surface area contributed by atoms with Gasteiger partial charge in [0.1, 0.15) is 11.5 Å². The Kier molecular flexibility index (Phi) is 4.80. The molecule has 0 aliphatic carbocycles. The van der Waals surface area contributed by atoms with E-state index < -0.39 is 5.97 Å². The number of hydrogen-bond acceptors (Lipinski definition) is 5. The zero-order valence-electron chi connectivity index (χ0n) is 16.4. The zero-order valence-corrected chi connectivity index (χ0v) is 16.4. The SMILES string of the molecule is Cc1c(OC(=O)c2ccco2)ccc2c1O/C(=C\c1ccc(C(C)C)cc1)C2=O. The van der Waals surface area contributed by atoms with Gasteiger partial charge in [0.05, 0.1) is 11.8 Å². The first-order chi connectivity index (χ1) is 13.9. The minimum Gasteiger partial charge on any atom is -0.457 e. The van der Waals surface area contributed by atoms with Gasteiger partial charge in [-0.15, -0.1) is 0 Å². The molecule has 2 aromatic carbocycles. The van der Waals surface area contributed by atoms with Gasteiger partial charge in [-0.25, -0.2) is 4.79 Å². The summed E-state index contributed by atoms with van der Waals surface area (Å²) in [4.78, 5) is 24.9. The molecule has 4 rings (SSSR count). The number of ether oxygens (including phenoxy) is 2.